The fourth-order valence-corrected chi connectivity index (χ4v) is 3.62. The first-order valence-corrected chi connectivity index (χ1v) is 8.49. The summed E-state index contributed by atoms with van der Waals surface area (Å²) in [6.45, 7) is 5.89. The van der Waals surface area contributed by atoms with Gasteiger partial charge in [-0.05, 0) is 31.7 Å². The van der Waals surface area contributed by atoms with Crippen molar-refractivity contribution in [2.24, 2.45) is 5.41 Å². The summed E-state index contributed by atoms with van der Waals surface area (Å²) in [6.07, 6.45) is 6.84. The third kappa shape index (κ3) is 2.99. The first-order valence-electron chi connectivity index (χ1n) is 8.49. The topological polar surface area (TPSA) is 38.3 Å². The van der Waals surface area contributed by atoms with Crippen LogP contribution in [0.4, 0.5) is 0 Å². The molecule has 22 heavy (non-hydrogen) atoms. The van der Waals surface area contributed by atoms with Gasteiger partial charge in [-0.25, -0.2) is 0 Å². The summed E-state index contributed by atoms with van der Waals surface area (Å²) >= 11 is 0. The van der Waals surface area contributed by atoms with E-state index in [9.17, 15) is 4.79 Å². The minimum atomic E-state index is -0.368. The van der Waals surface area contributed by atoms with Crippen LogP contribution in [0.5, 0.6) is 5.75 Å². The lowest BCUT2D eigenvalue weighted by molar-refractivity contribution is -0.130. The molecule has 3 rings (SSSR count). The van der Waals surface area contributed by atoms with Crippen LogP contribution in [0.25, 0.3) is 0 Å². The van der Waals surface area contributed by atoms with E-state index in [0.717, 1.165) is 30.6 Å². The molecular weight excluding hydrogens is 274 g/mol. The maximum atomic E-state index is 12.5. The molecule has 0 bridgehead atoms. The highest BCUT2D eigenvalue weighted by atomic mass is 16.5. The van der Waals surface area contributed by atoms with E-state index in [-0.39, 0.29) is 23.0 Å². The van der Waals surface area contributed by atoms with Crippen molar-refractivity contribution in [3.8, 4) is 5.75 Å². The summed E-state index contributed by atoms with van der Waals surface area (Å²) < 4.78 is 6.41. The van der Waals surface area contributed by atoms with Crippen LogP contribution in [-0.2, 0) is 4.79 Å². The number of para-hydroxylation sites is 1. The van der Waals surface area contributed by atoms with Crippen molar-refractivity contribution in [3.63, 3.8) is 0 Å². The molecule has 1 fully saturated rings. The predicted octanol–water partition coefficient (Wildman–Crippen LogP) is 4.38. The van der Waals surface area contributed by atoms with Crippen LogP contribution in [0.3, 0.4) is 0 Å². The number of hydrogen-bond donors (Lipinski definition) is 1. The van der Waals surface area contributed by atoms with Gasteiger partial charge >= 0.3 is 0 Å². The van der Waals surface area contributed by atoms with Gasteiger partial charge in [-0.1, -0.05) is 45.4 Å². The molecule has 1 heterocycles. The molecule has 1 aromatic rings. The van der Waals surface area contributed by atoms with Gasteiger partial charge < -0.3 is 10.1 Å². The van der Waals surface area contributed by atoms with E-state index in [1.54, 1.807) is 0 Å². The van der Waals surface area contributed by atoms with Crippen molar-refractivity contribution in [1.82, 2.24) is 5.32 Å². The van der Waals surface area contributed by atoms with Crippen molar-refractivity contribution < 1.29 is 9.53 Å². The molecule has 0 radical (unpaired) electrons. The second kappa shape index (κ2) is 5.60. The van der Waals surface area contributed by atoms with Crippen LogP contribution in [0.1, 0.15) is 70.9 Å². The van der Waals surface area contributed by atoms with Gasteiger partial charge in [0.2, 0.25) is 5.91 Å². The van der Waals surface area contributed by atoms with Crippen molar-refractivity contribution in [2.75, 3.05) is 0 Å². The number of hydrogen-bond acceptors (Lipinski definition) is 2. The number of nitrogens with one attached hydrogen (secondary N) is 1. The molecule has 1 aromatic carbocycles. The second-order valence-corrected chi connectivity index (χ2v) is 7.86. The third-order valence-electron chi connectivity index (χ3n) is 4.95. The van der Waals surface area contributed by atoms with Gasteiger partial charge in [0.15, 0.2) is 0 Å². The molecule has 1 aliphatic carbocycles. The van der Waals surface area contributed by atoms with Gasteiger partial charge in [-0.3, -0.25) is 4.79 Å². The molecule has 0 saturated heterocycles. The van der Waals surface area contributed by atoms with Crippen LogP contribution in [0.2, 0.25) is 0 Å². The van der Waals surface area contributed by atoms with Gasteiger partial charge in [-0.2, -0.15) is 0 Å². The third-order valence-corrected chi connectivity index (χ3v) is 4.95. The Kier molecular flexibility index (Phi) is 3.92. The van der Waals surface area contributed by atoms with Gasteiger partial charge in [0.1, 0.15) is 11.4 Å². The Hall–Kier alpha value is -1.51. The number of rotatable bonds is 1. The van der Waals surface area contributed by atoms with Crippen LogP contribution < -0.4 is 10.1 Å². The van der Waals surface area contributed by atoms with E-state index in [2.05, 4.69) is 11.4 Å². The first kappa shape index (κ1) is 15.4. The SMILES string of the molecule is CC(C)(C)C(=O)NC1CC2(CCCCC2)Oc2ccccc21. The van der Waals surface area contributed by atoms with Gasteiger partial charge in [0.05, 0.1) is 6.04 Å². The van der Waals surface area contributed by atoms with Crippen molar-refractivity contribution in [1.29, 1.82) is 0 Å². The lowest BCUT2D eigenvalue weighted by Crippen LogP contribution is -2.48. The second-order valence-electron chi connectivity index (χ2n) is 7.86. The largest absolute Gasteiger partial charge is 0.487 e. The number of fused-ring (bicyclic) bond motifs is 1. The molecule has 3 nitrogen and oxygen atoms in total. The molecule has 1 saturated carbocycles. The molecule has 0 aromatic heterocycles. The zero-order valence-electron chi connectivity index (χ0n) is 13.9. The normalized spacial score (nSPS) is 23.5. The molecule has 1 atom stereocenters. The molecule has 2 aliphatic rings. The maximum absolute atomic E-state index is 12.5. The first-order chi connectivity index (χ1) is 10.4. The number of amides is 1. The Morgan fingerprint density at radius 2 is 1.86 bits per heavy atom. The van der Waals surface area contributed by atoms with Crippen LogP contribution in [-0.4, -0.2) is 11.5 Å². The fourth-order valence-electron chi connectivity index (χ4n) is 3.62. The molecular formula is C19H27NO2. The van der Waals surface area contributed by atoms with Gasteiger partial charge in [-0.15, -0.1) is 0 Å². The van der Waals surface area contributed by atoms with E-state index in [1.165, 1.54) is 19.3 Å². The molecule has 3 heteroatoms. The lowest BCUT2D eigenvalue weighted by Gasteiger charge is -2.45. The van der Waals surface area contributed by atoms with Gasteiger partial charge in [0.25, 0.3) is 0 Å². The monoisotopic (exact) mass is 301 g/mol. The van der Waals surface area contributed by atoms with Crippen LogP contribution in [0, 0.1) is 5.41 Å². The molecule has 1 N–H and O–H groups in total. The van der Waals surface area contributed by atoms with Crippen molar-refractivity contribution in [2.45, 2.75) is 70.9 Å². The summed E-state index contributed by atoms with van der Waals surface area (Å²) in [5, 5.41) is 3.27. The van der Waals surface area contributed by atoms with E-state index in [0.29, 0.717) is 0 Å². The summed E-state index contributed by atoms with van der Waals surface area (Å²) in [5.74, 6) is 1.06. The summed E-state index contributed by atoms with van der Waals surface area (Å²) in [4.78, 5) is 12.5. The van der Waals surface area contributed by atoms with Crippen LogP contribution >= 0.6 is 0 Å². The van der Waals surface area contributed by atoms with E-state index in [4.69, 9.17) is 4.74 Å². The highest BCUT2D eigenvalue weighted by Gasteiger charge is 2.42. The quantitative estimate of drug-likeness (QED) is 0.836. The van der Waals surface area contributed by atoms with Crippen molar-refractivity contribution >= 4 is 5.91 Å². The van der Waals surface area contributed by atoms with E-state index < -0.39 is 0 Å². The molecule has 1 amide bonds. The molecule has 1 aliphatic heterocycles. The Balaban J connectivity index is 1.89. The molecule has 1 unspecified atom stereocenters. The highest BCUT2D eigenvalue weighted by Crippen LogP contribution is 2.46. The highest BCUT2D eigenvalue weighted by molar-refractivity contribution is 5.81. The fraction of sp³-hybridized carbons (Fsp3) is 0.632. The van der Waals surface area contributed by atoms with E-state index in [1.807, 2.05) is 39.0 Å². The summed E-state index contributed by atoms with van der Waals surface area (Å²) in [7, 11) is 0. The minimum absolute atomic E-state index is 0.0646. The Morgan fingerprint density at radius 1 is 1.18 bits per heavy atom. The minimum Gasteiger partial charge on any atom is -0.487 e. The van der Waals surface area contributed by atoms with Crippen LogP contribution in [0.15, 0.2) is 24.3 Å². The zero-order chi connectivity index (χ0) is 15.8. The Morgan fingerprint density at radius 3 is 2.55 bits per heavy atom. The van der Waals surface area contributed by atoms with Gasteiger partial charge in [0, 0.05) is 17.4 Å². The summed E-state index contributed by atoms with van der Waals surface area (Å²) in [6, 6.07) is 8.23. The number of ether oxygens (including phenoxy) is 1. The lowest BCUT2D eigenvalue weighted by atomic mass is 9.77. The van der Waals surface area contributed by atoms with E-state index >= 15 is 0 Å². The zero-order valence-corrected chi connectivity index (χ0v) is 13.9. The molecule has 1 spiro atoms. The average Bonchev–Trinajstić information content (AvgIpc) is 2.47. The average molecular weight is 301 g/mol. The van der Waals surface area contributed by atoms with Crippen molar-refractivity contribution in [3.05, 3.63) is 29.8 Å². The predicted molar refractivity (Wildman–Crippen MR) is 87.8 cm³/mol. The maximum Gasteiger partial charge on any atom is 0.225 e. The molecule has 120 valence electrons. The smallest absolute Gasteiger partial charge is 0.225 e. The Labute approximate surface area is 133 Å². The number of carbonyl (C=O) groups excluding carboxylic acids is 1. The Bertz CT molecular complexity index is 553. The number of carbonyl (C=O) groups is 1. The standard InChI is InChI=1S/C19H27NO2/c1-18(2,3)17(21)20-15-13-19(11-7-4-8-12-19)22-16-10-6-5-9-14(15)16/h5-6,9-10,15H,4,7-8,11-13H2,1-3H3,(H,20,21). The number of benzene rings is 1. The summed E-state index contributed by atoms with van der Waals surface area (Å²) in [5.41, 5.74) is 0.673.